The maximum atomic E-state index is 13.0. The van der Waals surface area contributed by atoms with Gasteiger partial charge in [0.1, 0.15) is 5.82 Å². The number of nitrogens with one attached hydrogen (secondary N) is 1. The van der Waals surface area contributed by atoms with Crippen LogP contribution in [0.3, 0.4) is 0 Å². The number of aliphatic hydroxyl groups excluding tert-OH is 1. The van der Waals surface area contributed by atoms with Crippen LogP contribution >= 0.6 is 0 Å². The van der Waals surface area contributed by atoms with E-state index < -0.39 is 29.6 Å². The summed E-state index contributed by atoms with van der Waals surface area (Å²) in [5.74, 6) is -1.16. The lowest BCUT2D eigenvalue weighted by Crippen LogP contribution is -2.28. The lowest BCUT2D eigenvalue weighted by Gasteiger charge is -2.13. The van der Waals surface area contributed by atoms with Crippen LogP contribution in [0.2, 0.25) is 0 Å². The second kappa shape index (κ2) is 6.78. The summed E-state index contributed by atoms with van der Waals surface area (Å²) in [4.78, 5) is 11.8. The summed E-state index contributed by atoms with van der Waals surface area (Å²) in [6.45, 7) is -0.208. The standard InChI is InChI=1S/C16H13F4NO2/c17-13-3-1-2-11(8-13)15(23)21-9-14(22)10-4-6-12(7-5-10)16(18,19)20/h1-8,14,22H,9H2,(H,21,23). The molecular formula is C16H13F4NO2. The number of benzene rings is 2. The highest BCUT2D eigenvalue weighted by Gasteiger charge is 2.30. The molecule has 0 aliphatic heterocycles. The Morgan fingerprint density at radius 1 is 1.13 bits per heavy atom. The zero-order chi connectivity index (χ0) is 17.0. The smallest absolute Gasteiger partial charge is 0.387 e. The Bertz CT molecular complexity index is 683. The van der Waals surface area contributed by atoms with Gasteiger partial charge in [-0.05, 0) is 35.9 Å². The van der Waals surface area contributed by atoms with Crippen LogP contribution in [0.25, 0.3) is 0 Å². The Labute approximate surface area is 129 Å². The first-order chi connectivity index (χ1) is 10.8. The molecule has 2 aromatic rings. The van der Waals surface area contributed by atoms with E-state index in [0.29, 0.717) is 0 Å². The highest BCUT2D eigenvalue weighted by Crippen LogP contribution is 2.29. The molecule has 23 heavy (non-hydrogen) atoms. The van der Waals surface area contributed by atoms with Crippen LogP contribution < -0.4 is 5.32 Å². The Balaban J connectivity index is 1.97. The molecule has 1 unspecified atom stereocenters. The van der Waals surface area contributed by atoms with Crippen molar-refractivity contribution in [2.75, 3.05) is 6.54 Å². The quantitative estimate of drug-likeness (QED) is 0.847. The maximum Gasteiger partial charge on any atom is 0.416 e. The van der Waals surface area contributed by atoms with Crippen molar-refractivity contribution < 1.29 is 27.5 Å². The molecule has 122 valence electrons. The van der Waals surface area contributed by atoms with E-state index >= 15 is 0 Å². The van der Waals surface area contributed by atoms with E-state index in [1.165, 1.54) is 18.2 Å². The monoisotopic (exact) mass is 327 g/mol. The minimum atomic E-state index is -4.45. The van der Waals surface area contributed by atoms with Gasteiger partial charge in [-0.15, -0.1) is 0 Å². The van der Waals surface area contributed by atoms with Crippen molar-refractivity contribution in [3.63, 3.8) is 0 Å². The SMILES string of the molecule is O=C(NCC(O)c1ccc(C(F)(F)F)cc1)c1cccc(F)c1. The summed E-state index contributed by atoms with van der Waals surface area (Å²) in [6.07, 6.45) is -5.62. The molecule has 0 aliphatic rings. The first-order valence-corrected chi connectivity index (χ1v) is 6.66. The molecule has 2 rings (SSSR count). The highest BCUT2D eigenvalue weighted by atomic mass is 19.4. The van der Waals surface area contributed by atoms with Crippen LogP contribution in [0, 0.1) is 5.82 Å². The number of halogens is 4. The van der Waals surface area contributed by atoms with E-state index in [1.54, 1.807) is 0 Å². The summed E-state index contributed by atoms with van der Waals surface area (Å²) in [6, 6.07) is 9.00. The van der Waals surface area contributed by atoms with Crippen LogP contribution in [-0.2, 0) is 6.18 Å². The minimum Gasteiger partial charge on any atom is -0.387 e. The second-order valence-electron chi connectivity index (χ2n) is 4.86. The van der Waals surface area contributed by atoms with Crippen molar-refractivity contribution in [2.24, 2.45) is 0 Å². The largest absolute Gasteiger partial charge is 0.416 e. The molecule has 1 atom stereocenters. The van der Waals surface area contributed by atoms with Crippen molar-refractivity contribution in [3.8, 4) is 0 Å². The zero-order valence-corrected chi connectivity index (χ0v) is 11.8. The van der Waals surface area contributed by atoms with Gasteiger partial charge in [0.2, 0.25) is 0 Å². The molecule has 2 N–H and O–H groups in total. The van der Waals surface area contributed by atoms with Crippen molar-refractivity contribution >= 4 is 5.91 Å². The van der Waals surface area contributed by atoms with E-state index in [4.69, 9.17) is 0 Å². The third kappa shape index (κ3) is 4.53. The summed E-state index contributed by atoms with van der Waals surface area (Å²) in [5.41, 5.74) is -0.501. The van der Waals surface area contributed by atoms with Gasteiger partial charge in [-0.2, -0.15) is 13.2 Å². The molecular weight excluding hydrogens is 314 g/mol. The normalized spacial score (nSPS) is 12.7. The van der Waals surface area contributed by atoms with Crippen molar-refractivity contribution in [3.05, 3.63) is 71.0 Å². The Morgan fingerprint density at radius 3 is 2.35 bits per heavy atom. The first-order valence-electron chi connectivity index (χ1n) is 6.66. The third-order valence-electron chi connectivity index (χ3n) is 3.17. The lowest BCUT2D eigenvalue weighted by molar-refractivity contribution is -0.137. The Kier molecular flexibility index (Phi) is 5.00. The van der Waals surface area contributed by atoms with Crippen molar-refractivity contribution in [2.45, 2.75) is 12.3 Å². The molecule has 7 heteroatoms. The van der Waals surface area contributed by atoms with Gasteiger partial charge < -0.3 is 10.4 Å². The molecule has 0 aromatic heterocycles. The summed E-state index contributed by atoms with van der Waals surface area (Å²) >= 11 is 0. The van der Waals surface area contributed by atoms with Crippen LogP contribution in [0.5, 0.6) is 0 Å². The van der Waals surface area contributed by atoms with Crippen molar-refractivity contribution in [1.29, 1.82) is 0 Å². The Hall–Kier alpha value is -2.41. The van der Waals surface area contributed by atoms with Crippen LogP contribution in [-0.4, -0.2) is 17.6 Å². The molecule has 0 saturated heterocycles. The van der Waals surface area contributed by atoms with Crippen LogP contribution in [0.4, 0.5) is 17.6 Å². The predicted molar refractivity (Wildman–Crippen MR) is 75.1 cm³/mol. The van der Waals surface area contributed by atoms with Gasteiger partial charge in [0.25, 0.3) is 5.91 Å². The fraction of sp³-hybridized carbons (Fsp3) is 0.188. The van der Waals surface area contributed by atoms with Crippen LogP contribution in [0.15, 0.2) is 48.5 Å². The van der Waals surface area contributed by atoms with Gasteiger partial charge in [-0.1, -0.05) is 18.2 Å². The first kappa shape index (κ1) is 17.0. The molecule has 3 nitrogen and oxygen atoms in total. The molecule has 0 aliphatic carbocycles. The summed E-state index contributed by atoms with van der Waals surface area (Å²) in [7, 11) is 0. The number of aliphatic hydroxyl groups is 1. The average molecular weight is 327 g/mol. The lowest BCUT2D eigenvalue weighted by atomic mass is 10.1. The number of amides is 1. The molecule has 0 spiro atoms. The molecule has 0 heterocycles. The van der Waals surface area contributed by atoms with Gasteiger partial charge in [0, 0.05) is 12.1 Å². The summed E-state index contributed by atoms with van der Waals surface area (Å²) in [5, 5.41) is 12.3. The topological polar surface area (TPSA) is 49.3 Å². The summed E-state index contributed by atoms with van der Waals surface area (Å²) < 4.78 is 50.3. The van der Waals surface area contributed by atoms with Crippen LogP contribution in [0.1, 0.15) is 27.6 Å². The van der Waals surface area contributed by atoms with Gasteiger partial charge in [0.15, 0.2) is 0 Å². The fourth-order valence-corrected chi connectivity index (χ4v) is 1.93. The predicted octanol–water partition coefficient (Wildman–Crippen LogP) is 3.31. The van der Waals surface area contributed by atoms with Crippen molar-refractivity contribution in [1.82, 2.24) is 5.32 Å². The van der Waals surface area contributed by atoms with E-state index in [1.807, 2.05) is 0 Å². The van der Waals surface area contributed by atoms with E-state index in [2.05, 4.69) is 5.32 Å². The van der Waals surface area contributed by atoms with Gasteiger partial charge in [-0.3, -0.25) is 4.79 Å². The molecule has 2 aromatic carbocycles. The van der Waals surface area contributed by atoms with Gasteiger partial charge in [0.05, 0.1) is 11.7 Å². The zero-order valence-electron chi connectivity index (χ0n) is 11.8. The molecule has 0 radical (unpaired) electrons. The number of alkyl halides is 3. The fourth-order valence-electron chi connectivity index (χ4n) is 1.93. The van der Waals surface area contributed by atoms with E-state index in [9.17, 15) is 27.5 Å². The molecule has 0 saturated carbocycles. The maximum absolute atomic E-state index is 13.0. The minimum absolute atomic E-state index is 0.0876. The molecule has 0 bridgehead atoms. The second-order valence-corrected chi connectivity index (χ2v) is 4.86. The third-order valence-corrected chi connectivity index (χ3v) is 3.17. The van der Waals surface area contributed by atoms with Gasteiger partial charge in [-0.25, -0.2) is 4.39 Å². The van der Waals surface area contributed by atoms with Gasteiger partial charge >= 0.3 is 6.18 Å². The molecule has 0 fully saturated rings. The Morgan fingerprint density at radius 2 is 1.78 bits per heavy atom. The number of rotatable bonds is 4. The number of carbonyl (C=O) groups is 1. The molecule has 1 amide bonds. The van der Waals surface area contributed by atoms with E-state index in [-0.39, 0.29) is 17.7 Å². The number of hydrogen-bond donors (Lipinski definition) is 2. The number of carbonyl (C=O) groups excluding carboxylic acids is 1. The number of hydrogen-bond acceptors (Lipinski definition) is 2. The van der Waals surface area contributed by atoms with E-state index in [0.717, 1.165) is 30.3 Å². The highest BCUT2D eigenvalue weighted by molar-refractivity contribution is 5.94. The average Bonchev–Trinajstić information content (AvgIpc) is 2.51.